The van der Waals surface area contributed by atoms with Crippen molar-refractivity contribution in [1.82, 2.24) is 23.9 Å². The van der Waals surface area contributed by atoms with Crippen LogP contribution in [0.2, 0.25) is 0 Å². The van der Waals surface area contributed by atoms with Gasteiger partial charge >= 0.3 is 0 Å². The van der Waals surface area contributed by atoms with E-state index in [2.05, 4.69) is 15.3 Å². The van der Waals surface area contributed by atoms with Gasteiger partial charge in [0.25, 0.3) is 0 Å². The van der Waals surface area contributed by atoms with Crippen LogP contribution >= 0.6 is 11.3 Å². The lowest BCUT2D eigenvalue weighted by atomic mass is 9.94. The van der Waals surface area contributed by atoms with Crippen molar-refractivity contribution in [3.63, 3.8) is 0 Å². The fraction of sp³-hybridized carbons (Fsp3) is 0.360. The van der Waals surface area contributed by atoms with Crippen LogP contribution in [0.4, 0.5) is 10.2 Å². The molecule has 0 bridgehead atoms. The molecule has 1 saturated heterocycles. The highest BCUT2D eigenvalue weighted by Crippen LogP contribution is 2.29. The Morgan fingerprint density at radius 1 is 1.16 bits per heavy atom. The Hall–Kier alpha value is -3.42. The molecule has 200 valence electrons. The minimum atomic E-state index is -3.21. The van der Waals surface area contributed by atoms with Gasteiger partial charge in [0.05, 0.1) is 29.9 Å². The van der Waals surface area contributed by atoms with E-state index in [1.165, 1.54) is 34.0 Å². The molecule has 0 spiro atoms. The number of carbonyl (C=O) groups is 1. The second-order valence-electron chi connectivity index (χ2n) is 9.32. The fourth-order valence-corrected chi connectivity index (χ4v) is 6.21. The highest BCUT2D eigenvalue weighted by molar-refractivity contribution is 7.88. The van der Waals surface area contributed by atoms with Gasteiger partial charge in [0.15, 0.2) is 11.5 Å². The van der Waals surface area contributed by atoms with Gasteiger partial charge in [-0.2, -0.15) is 9.61 Å². The van der Waals surface area contributed by atoms with Crippen molar-refractivity contribution < 1.29 is 17.6 Å². The van der Waals surface area contributed by atoms with Crippen molar-refractivity contribution in [2.75, 3.05) is 24.7 Å². The largest absolute Gasteiger partial charge is 0.370 e. The molecule has 10 nitrogen and oxygen atoms in total. The van der Waals surface area contributed by atoms with Crippen molar-refractivity contribution in [2.45, 2.75) is 38.1 Å². The van der Waals surface area contributed by atoms with E-state index >= 15 is 0 Å². The molecule has 38 heavy (non-hydrogen) atoms. The summed E-state index contributed by atoms with van der Waals surface area (Å²) < 4.78 is 40.3. The van der Waals surface area contributed by atoms with Gasteiger partial charge in [-0.1, -0.05) is 0 Å². The predicted molar refractivity (Wildman–Crippen MR) is 144 cm³/mol. The number of nitrogens with two attached hydrogens (primary N) is 1. The monoisotopic (exact) mass is 557 g/mol. The first-order valence-electron chi connectivity index (χ1n) is 12.2. The van der Waals surface area contributed by atoms with Crippen LogP contribution in [0.3, 0.4) is 0 Å². The summed E-state index contributed by atoms with van der Waals surface area (Å²) in [5.74, 6) is 0.0760. The minimum Gasteiger partial charge on any atom is -0.370 e. The van der Waals surface area contributed by atoms with Crippen LogP contribution in [-0.2, 0) is 27.8 Å². The maximum absolute atomic E-state index is 13.3. The van der Waals surface area contributed by atoms with Crippen LogP contribution in [0.15, 0.2) is 41.8 Å². The third kappa shape index (κ3) is 5.84. The number of carbonyl (C=O) groups excluding carboxylic acids is 1. The Morgan fingerprint density at radius 3 is 2.58 bits per heavy atom. The molecule has 1 aliphatic heterocycles. The van der Waals surface area contributed by atoms with Gasteiger partial charge in [0, 0.05) is 42.8 Å². The number of fused-ring (bicyclic) bond motifs is 1. The van der Waals surface area contributed by atoms with Crippen LogP contribution in [0.1, 0.15) is 41.6 Å². The summed E-state index contributed by atoms with van der Waals surface area (Å²) in [4.78, 5) is 20.8. The van der Waals surface area contributed by atoms with E-state index in [1.807, 2.05) is 17.5 Å². The van der Waals surface area contributed by atoms with E-state index in [0.717, 1.165) is 22.0 Å². The minimum absolute atomic E-state index is 0.124. The number of anilines is 1. The lowest BCUT2D eigenvalue weighted by Gasteiger charge is -2.29. The quantitative estimate of drug-likeness (QED) is 0.323. The average molecular weight is 558 g/mol. The van der Waals surface area contributed by atoms with Crippen LogP contribution in [0, 0.1) is 5.82 Å². The number of amides is 1. The molecular formula is C25H28FN7O3S2. The number of piperidine rings is 1. The second kappa shape index (κ2) is 10.8. The number of thiazole rings is 1. The Morgan fingerprint density at radius 2 is 1.89 bits per heavy atom. The first-order chi connectivity index (χ1) is 18.2. The summed E-state index contributed by atoms with van der Waals surface area (Å²) in [6.07, 6.45) is 3.12. The summed E-state index contributed by atoms with van der Waals surface area (Å²) in [6, 6.07) is 10.0. The number of nitrogens with zero attached hydrogens (tertiary/aromatic N) is 5. The molecule has 3 aromatic heterocycles. The van der Waals surface area contributed by atoms with Gasteiger partial charge in [-0.25, -0.2) is 27.1 Å². The number of aryl methyl sites for hydroxylation is 1. The molecule has 3 N–H and O–H groups in total. The van der Waals surface area contributed by atoms with Gasteiger partial charge < -0.3 is 11.1 Å². The number of halogens is 1. The molecule has 1 fully saturated rings. The van der Waals surface area contributed by atoms with E-state index in [0.29, 0.717) is 56.1 Å². The summed E-state index contributed by atoms with van der Waals surface area (Å²) in [7, 11) is -3.21. The van der Waals surface area contributed by atoms with Gasteiger partial charge in [-0.05, 0) is 49.2 Å². The van der Waals surface area contributed by atoms with Crippen LogP contribution in [0.5, 0.6) is 0 Å². The highest BCUT2D eigenvalue weighted by atomic mass is 32.2. The molecule has 1 amide bonds. The predicted octanol–water partition coefficient (Wildman–Crippen LogP) is 3.16. The van der Waals surface area contributed by atoms with Crippen molar-refractivity contribution in [2.24, 2.45) is 5.73 Å². The Kier molecular flexibility index (Phi) is 7.41. The molecule has 13 heteroatoms. The van der Waals surface area contributed by atoms with Crippen LogP contribution in [-0.4, -0.2) is 57.6 Å². The van der Waals surface area contributed by atoms with E-state index < -0.39 is 15.9 Å². The van der Waals surface area contributed by atoms with Gasteiger partial charge in [0.1, 0.15) is 10.8 Å². The SMILES string of the molecule is CS(=O)(=O)N1CCC(c2ccc3nc(CCC(N)=O)c(NCc4nc(-c5ccc(F)cc5)cs4)n3n2)CC1. The molecular weight excluding hydrogens is 529 g/mol. The highest BCUT2D eigenvalue weighted by Gasteiger charge is 2.27. The number of hydrogen-bond donors (Lipinski definition) is 2. The summed E-state index contributed by atoms with van der Waals surface area (Å²) >= 11 is 1.48. The number of sulfonamides is 1. The third-order valence-electron chi connectivity index (χ3n) is 6.62. The van der Waals surface area contributed by atoms with Crippen molar-refractivity contribution in [3.8, 4) is 11.3 Å². The Balaban J connectivity index is 1.38. The second-order valence-corrected chi connectivity index (χ2v) is 12.2. The van der Waals surface area contributed by atoms with Crippen LogP contribution < -0.4 is 11.1 Å². The Bertz CT molecular complexity index is 1560. The lowest BCUT2D eigenvalue weighted by Crippen LogP contribution is -2.37. The smallest absolute Gasteiger partial charge is 0.217 e. The van der Waals surface area contributed by atoms with Gasteiger partial charge in [0.2, 0.25) is 15.9 Å². The zero-order chi connectivity index (χ0) is 26.9. The van der Waals surface area contributed by atoms with Crippen molar-refractivity contribution in [3.05, 3.63) is 64.0 Å². The first-order valence-corrected chi connectivity index (χ1v) is 15.0. The molecule has 4 heterocycles. The lowest BCUT2D eigenvalue weighted by molar-refractivity contribution is -0.118. The van der Waals surface area contributed by atoms with E-state index in [9.17, 15) is 17.6 Å². The van der Waals surface area contributed by atoms with Crippen LogP contribution in [0.25, 0.3) is 16.9 Å². The molecule has 4 aromatic rings. The molecule has 1 aliphatic rings. The molecule has 5 rings (SSSR count). The zero-order valence-electron chi connectivity index (χ0n) is 20.8. The molecule has 1 aromatic carbocycles. The van der Waals surface area contributed by atoms with E-state index in [-0.39, 0.29) is 18.2 Å². The van der Waals surface area contributed by atoms with Crippen molar-refractivity contribution >= 4 is 38.7 Å². The van der Waals surface area contributed by atoms with Crippen molar-refractivity contribution in [1.29, 1.82) is 0 Å². The number of primary amides is 1. The number of hydrogen-bond acceptors (Lipinski definition) is 8. The number of imidazole rings is 1. The number of rotatable bonds is 9. The van der Waals surface area contributed by atoms with Gasteiger partial charge in [-0.15, -0.1) is 11.3 Å². The summed E-state index contributed by atoms with van der Waals surface area (Å²) in [5.41, 5.74) is 9.16. The van der Waals surface area contributed by atoms with Gasteiger partial charge in [-0.3, -0.25) is 4.79 Å². The molecule has 0 saturated carbocycles. The number of nitrogens with one attached hydrogen (secondary N) is 1. The first kappa shape index (κ1) is 26.2. The summed E-state index contributed by atoms with van der Waals surface area (Å²) in [5, 5.41) is 11.0. The standard InChI is InChI=1S/C25H28FN7O3S2/c1-38(35,36)32-12-10-17(11-13-32)19-7-9-23-29-20(6-8-22(27)34)25(33(23)31-19)28-14-24-30-21(15-37-24)16-2-4-18(26)5-3-16/h2-5,7,9,15,17,28H,6,8,10-14H2,1H3,(H2,27,34). The number of aromatic nitrogens is 4. The molecule has 0 radical (unpaired) electrons. The molecule has 0 unspecified atom stereocenters. The maximum Gasteiger partial charge on any atom is 0.217 e. The fourth-order valence-electron chi connectivity index (χ4n) is 4.59. The normalized spacial score (nSPS) is 15.2. The third-order valence-corrected chi connectivity index (χ3v) is 8.77. The van der Waals surface area contributed by atoms with E-state index in [4.69, 9.17) is 10.8 Å². The average Bonchev–Trinajstić information content (AvgIpc) is 3.50. The zero-order valence-corrected chi connectivity index (χ0v) is 22.4. The van der Waals surface area contributed by atoms with E-state index in [1.54, 1.807) is 16.6 Å². The maximum atomic E-state index is 13.3. The topological polar surface area (TPSA) is 136 Å². The number of benzene rings is 1. The summed E-state index contributed by atoms with van der Waals surface area (Å²) in [6.45, 7) is 1.33. The molecule has 0 atom stereocenters. The Labute approximate surface area is 223 Å². The molecule has 0 aliphatic carbocycles.